The standard InChI is InChI=1S/C29H25N2.C23H21NO2.C23H20NO.C16H16O2.C7H4.2BF3.2FH/c1-22-13-9-11-19-26(22)28-29(27-20-12-10-14-23(27)2)31(25-17-7-4-8-18-25)21-30(28)24-15-5-3-6-16-24;1-17-10-6-8-14-20(17)22(23(26)21-15-9-7-11-18(21)2)24(16-25)19-12-4-3-5-13-19;1-17-10-6-8-14-20(17)22-23(21-15-9-7-11-18(21)2)25-16-24(22)19-12-4-3-5-13-19;1-11-7-3-5-9-13(11)15(17)16(18)14-10-6-4-8-12(14)2;1-3-5-7-6-4-2;2*2-1(3)4;;/h3-21H,1-2H3;3-16,22H,1-2H3;3-16H,1-2H3;3-10,15,17H,1-2H3;1H,2H3;;;2*1H/q+1;;+1;;;;;;/p-2. The summed E-state index contributed by atoms with van der Waals surface area (Å²) in [6.45, 7) is 18.0. The normalized spacial score (nSPS) is 10.3. The van der Waals surface area contributed by atoms with Gasteiger partial charge in [-0.15, -0.1) is 11.0 Å². The third-order valence-corrected chi connectivity index (χ3v) is 18.4. The molecule has 14 rings (SSSR count). The van der Waals surface area contributed by atoms with E-state index in [1.807, 2.05) is 161 Å². The minimum atomic E-state index is -3.67. The number of aryl methyl sites for hydroxylation is 8. The molecule has 117 heavy (non-hydrogen) atoms. The molecule has 1 amide bonds. The molecule has 2 heterocycles. The quantitative estimate of drug-likeness (QED) is 0.0259. The number of ketones is 2. The van der Waals surface area contributed by atoms with E-state index in [0.29, 0.717) is 22.4 Å². The molecule has 12 aromatic carbocycles. The maximum absolute atomic E-state index is 13.5. The average molecular weight is 1570 g/mol. The van der Waals surface area contributed by atoms with Crippen molar-refractivity contribution in [3.05, 3.63) is 395 Å². The fraction of sp³-hybridized carbons (Fsp3) is 0.112. The second-order valence-electron chi connectivity index (χ2n) is 26.1. The van der Waals surface area contributed by atoms with Crippen molar-refractivity contribution in [3.8, 4) is 98.2 Å². The van der Waals surface area contributed by atoms with Crippen LogP contribution in [-0.4, -0.2) is 42.7 Å². The molecule has 19 heteroatoms. The predicted octanol–water partition coefficient (Wildman–Crippen LogP) is 16.7. The topological polar surface area (TPSA) is 101 Å². The number of benzene rings is 12. The largest absolute Gasteiger partial charge is 1.00 e. The van der Waals surface area contributed by atoms with Crippen molar-refractivity contribution in [2.45, 2.75) is 74.5 Å². The van der Waals surface area contributed by atoms with Gasteiger partial charge in [0.2, 0.25) is 17.9 Å². The lowest BCUT2D eigenvalue weighted by atomic mass is 9.91. The predicted molar refractivity (Wildman–Crippen MR) is 453 cm³/mol. The molecule has 2 unspecified atom stereocenters. The molecule has 0 saturated heterocycles. The van der Waals surface area contributed by atoms with Gasteiger partial charge in [0.25, 0.3) is 12.0 Å². The van der Waals surface area contributed by atoms with E-state index in [9.17, 15) is 45.4 Å². The van der Waals surface area contributed by atoms with Crippen LogP contribution >= 0.6 is 0 Å². The molecule has 0 aliphatic carbocycles. The van der Waals surface area contributed by atoms with E-state index in [4.69, 9.17) is 10.8 Å². The molecule has 0 spiro atoms. The van der Waals surface area contributed by atoms with Gasteiger partial charge in [-0.3, -0.25) is 45.2 Å². The molecule has 0 radical (unpaired) electrons. The van der Waals surface area contributed by atoms with Crippen molar-refractivity contribution in [2.75, 3.05) is 4.90 Å². The lowest BCUT2D eigenvalue weighted by Crippen LogP contribution is -3.00. The van der Waals surface area contributed by atoms with Crippen LogP contribution in [0.3, 0.4) is 0 Å². The second-order valence-corrected chi connectivity index (χ2v) is 26.1. The highest BCUT2D eigenvalue weighted by molar-refractivity contribution is 6.33. The average Bonchev–Trinajstić information content (AvgIpc) is 1.60. The van der Waals surface area contributed by atoms with Gasteiger partial charge in [-0.2, -0.15) is 9.13 Å². The van der Waals surface area contributed by atoms with Gasteiger partial charge in [-0.25, -0.2) is 0 Å². The SMILES string of the molecule is C#CC#CC#CC.Cc1ccccc1-c1c(-c2ccccc2C)[n+](-c2ccccc2)cn1-c1ccccc1.Cc1ccccc1-c1oc[n+](-c2ccccc2)c1-c1ccccc1C.Cc1ccccc1C(=O)C(O)c1ccccc1C.Cc1ccccc1C(=O)C(c1ccccc1C)N(C=O)c1ccccc1.FB(F)F.FB(F)F.[F-].[F-]. The first kappa shape index (κ1) is 92.0. The van der Waals surface area contributed by atoms with Crippen LogP contribution in [0, 0.1) is 91.4 Å². The maximum atomic E-state index is 13.5. The molecule has 0 bridgehead atoms. The number of terminal acetylenes is 1. The van der Waals surface area contributed by atoms with Crippen LogP contribution in [-0.2, 0) is 4.79 Å². The molecule has 2 atom stereocenters. The van der Waals surface area contributed by atoms with Gasteiger partial charge in [0, 0.05) is 45.6 Å². The highest BCUT2D eigenvalue weighted by Crippen LogP contribution is 2.39. The van der Waals surface area contributed by atoms with E-state index in [1.54, 1.807) is 25.5 Å². The summed E-state index contributed by atoms with van der Waals surface area (Å²) in [6.07, 6.45) is 8.45. The Labute approximate surface area is 680 Å². The van der Waals surface area contributed by atoms with Crippen molar-refractivity contribution < 1.29 is 68.3 Å². The number of aromatic nitrogens is 3. The fourth-order valence-electron chi connectivity index (χ4n) is 12.8. The van der Waals surface area contributed by atoms with Crippen LogP contribution in [0.25, 0.3) is 62.2 Å². The van der Waals surface area contributed by atoms with Gasteiger partial charge in [-0.1, -0.05) is 267 Å². The van der Waals surface area contributed by atoms with Crippen LogP contribution in [0.1, 0.15) is 95.4 Å². The van der Waals surface area contributed by atoms with Crippen LogP contribution in [0.4, 0.5) is 31.6 Å². The Bertz CT molecular complexity index is 5590. The number of hydrogen-bond donors (Lipinski definition) is 1. The molecule has 0 saturated carbocycles. The summed E-state index contributed by atoms with van der Waals surface area (Å²) in [7, 11) is -7.33. The number of oxazole rings is 1. The van der Waals surface area contributed by atoms with Gasteiger partial charge < -0.3 is 18.9 Å². The number of carbonyl (C=O) groups is 3. The van der Waals surface area contributed by atoms with E-state index < -0.39 is 27.2 Å². The maximum Gasteiger partial charge on any atom is 0.762 e. The van der Waals surface area contributed by atoms with E-state index in [0.717, 1.165) is 68.3 Å². The summed E-state index contributed by atoms with van der Waals surface area (Å²) in [5.41, 5.74) is 23.6. The summed E-state index contributed by atoms with van der Waals surface area (Å²) in [5.74, 6) is 12.6. The number of rotatable bonds is 16. The number of aliphatic hydroxyl groups excluding tert-OH is 1. The minimum Gasteiger partial charge on any atom is -1.00 e. The summed E-state index contributed by atoms with van der Waals surface area (Å²) < 4.78 is 70.9. The first-order valence-corrected chi connectivity index (χ1v) is 36.7. The van der Waals surface area contributed by atoms with Gasteiger partial charge in [0.15, 0.2) is 23.0 Å². The molecule has 0 aliphatic rings. The monoisotopic (exact) mass is 1570 g/mol. The minimum absolute atomic E-state index is 0. The van der Waals surface area contributed by atoms with Crippen LogP contribution in [0.5, 0.6) is 0 Å². The second kappa shape index (κ2) is 46.9. The van der Waals surface area contributed by atoms with Gasteiger partial charge >= 0.3 is 21.5 Å². The third kappa shape index (κ3) is 25.3. The van der Waals surface area contributed by atoms with Crippen LogP contribution in [0.2, 0.25) is 0 Å². The number of hydrogen-bond acceptors (Lipinski definition) is 5. The zero-order valence-corrected chi connectivity index (χ0v) is 66.0. The Morgan fingerprint density at radius 1 is 0.427 bits per heavy atom. The molecule has 9 nitrogen and oxygen atoms in total. The fourth-order valence-corrected chi connectivity index (χ4v) is 12.8. The molecule has 0 aliphatic heterocycles. The van der Waals surface area contributed by atoms with Crippen LogP contribution in [0.15, 0.2) is 333 Å². The van der Waals surface area contributed by atoms with Crippen molar-refractivity contribution in [1.29, 1.82) is 0 Å². The van der Waals surface area contributed by atoms with Gasteiger partial charge in [-0.05, 0) is 184 Å². The number of nitrogens with zero attached hydrogens (tertiary/aromatic N) is 4. The highest BCUT2D eigenvalue weighted by Gasteiger charge is 2.33. The Balaban J connectivity index is 0.000000230. The number of carbonyl (C=O) groups excluding carboxylic acids is 3. The molecular weight excluding hydrogens is 1490 g/mol. The molecule has 1 N–H and O–H groups in total. The number of halogens is 8. The van der Waals surface area contributed by atoms with E-state index >= 15 is 0 Å². The van der Waals surface area contributed by atoms with Gasteiger partial charge in [0.1, 0.15) is 23.5 Å². The molecule has 0 fully saturated rings. The lowest BCUT2D eigenvalue weighted by Gasteiger charge is -2.29. The van der Waals surface area contributed by atoms with Gasteiger partial charge in [0.05, 0.1) is 5.56 Å². The Morgan fingerprint density at radius 3 is 1.21 bits per heavy atom. The summed E-state index contributed by atoms with van der Waals surface area (Å²) in [4.78, 5) is 39.3. The summed E-state index contributed by atoms with van der Waals surface area (Å²) in [5, 5.41) is 10.2. The number of imidazole rings is 1. The third-order valence-electron chi connectivity index (χ3n) is 18.4. The first-order chi connectivity index (χ1) is 55.6. The Hall–Kier alpha value is -13.9. The number of amides is 1. The van der Waals surface area contributed by atoms with E-state index in [2.05, 4.69) is 247 Å². The van der Waals surface area contributed by atoms with Crippen molar-refractivity contribution in [1.82, 2.24) is 4.57 Å². The molecule has 2 aromatic heterocycles. The summed E-state index contributed by atoms with van der Waals surface area (Å²) >= 11 is 0. The zero-order chi connectivity index (χ0) is 82.8. The van der Waals surface area contributed by atoms with E-state index in [-0.39, 0.29) is 21.0 Å². The highest BCUT2D eigenvalue weighted by atomic mass is 19.4. The first-order valence-electron chi connectivity index (χ1n) is 36.7. The molecule has 14 aromatic rings. The number of aliphatic hydroxyl groups is 1. The smallest absolute Gasteiger partial charge is 0.762 e. The van der Waals surface area contributed by atoms with Crippen LogP contribution < -0.4 is 23.4 Å². The number of anilines is 1. The zero-order valence-electron chi connectivity index (χ0n) is 66.0. The lowest BCUT2D eigenvalue weighted by molar-refractivity contribution is -0.588. The Kier molecular flexibility index (Phi) is 36.9. The van der Waals surface area contributed by atoms with Crippen molar-refractivity contribution in [2.24, 2.45) is 0 Å². The summed E-state index contributed by atoms with van der Waals surface area (Å²) in [6, 6.07) is 104. The van der Waals surface area contributed by atoms with Crippen molar-refractivity contribution in [3.63, 3.8) is 0 Å². The number of Topliss-reactive ketones (excluding diaryl/α,β-unsaturated/α-hetero) is 2. The van der Waals surface area contributed by atoms with Crippen molar-refractivity contribution >= 4 is 38.8 Å². The number of para-hydroxylation sites is 4. The Morgan fingerprint density at radius 2 is 0.786 bits per heavy atom. The molecular formula is C98H86B2F8N4O5. The van der Waals surface area contributed by atoms with E-state index in [1.165, 1.54) is 55.2 Å². The molecule has 590 valence electrons.